The summed E-state index contributed by atoms with van der Waals surface area (Å²) in [6.07, 6.45) is 1.32. The van der Waals surface area contributed by atoms with Gasteiger partial charge in [-0.15, -0.1) is 0 Å². The number of hydrogen-bond donors (Lipinski definition) is 2. The van der Waals surface area contributed by atoms with Crippen LogP contribution in [0.4, 0.5) is 15.9 Å². The van der Waals surface area contributed by atoms with Gasteiger partial charge in [-0.05, 0) is 66.8 Å². The first-order valence-electron chi connectivity index (χ1n) is 12.9. The Morgan fingerprint density at radius 3 is 2.42 bits per heavy atom. The van der Waals surface area contributed by atoms with Crippen LogP contribution < -0.4 is 10.1 Å². The molecule has 2 N–H and O–H groups in total. The van der Waals surface area contributed by atoms with Crippen molar-refractivity contribution in [3.05, 3.63) is 102 Å². The van der Waals surface area contributed by atoms with Crippen LogP contribution in [0.5, 0.6) is 5.75 Å². The number of carboxylic acid groups (broad SMARTS) is 1. The smallest absolute Gasteiger partial charge is 0.314 e. The van der Waals surface area contributed by atoms with Crippen molar-refractivity contribution < 1.29 is 23.6 Å². The summed E-state index contributed by atoms with van der Waals surface area (Å²) < 4.78 is 25.2. The van der Waals surface area contributed by atoms with E-state index in [0.29, 0.717) is 52.8 Å². The molecule has 0 amide bonds. The molecule has 0 spiro atoms. The number of benzene rings is 3. The van der Waals surface area contributed by atoms with Crippen molar-refractivity contribution in [2.75, 3.05) is 12.4 Å². The highest BCUT2D eigenvalue weighted by molar-refractivity contribution is 5.89. The number of aromatic nitrogens is 2. The van der Waals surface area contributed by atoms with Gasteiger partial charge in [0, 0.05) is 11.1 Å². The first-order valence-corrected chi connectivity index (χ1v) is 12.9. The van der Waals surface area contributed by atoms with Gasteiger partial charge in [-0.25, -0.2) is 9.37 Å². The highest BCUT2D eigenvalue weighted by Gasteiger charge is 2.51. The molecule has 0 radical (unpaired) electrons. The number of ether oxygens (including phenoxy) is 1. The van der Waals surface area contributed by atoms with Crippen molar-refractivity contribution >= 4 is 17.5 Å². The lowest BCUT2D eigenvalue weighted by Crippen LogP contribution is -2.19. The summed E-state index contributed by atoms with van der Waals surface area (Å²) in [5, 5.41) is 17.2. The molecule has 2 heterocycles. The third kappa shape index (κ3) is 4.47. The fraction of sp³-hybridized carbons (Fsp3) is 0.156. The maximum absolute atomic E-state index is 14.0. The zero-order valence-electron chi connectivity index (χ0n) is 21.9. The maximum Gasteiger partial charge on any atom is 0.314 e. The van der Waals surface area contributed by atoms with Crippen LogP contribution in [0.2, 0.25) is 0 Å². The molecule has 200 valence electrons. The molecule has 0 saturated heterocycles. The lowest BCUT2D eigenvalue weighted by atomic mass is 9.92. The van der Waals surface area contributed by atoms with Crippen LogP contribution in [-0.2, 0) is 10.2 Å². The minimum absolute atomic E-state index is 0.381. The van der Waals surface area contributed by atoms with Crippen molar-refractivity contribution in [1.29, 1.82) is 0 Å². The molecule has 2 aromatic heterocycles. The second-order valence-electron chi connectivity index (χ2n) is 9.86. The first kappa shape index (κ1) is 25.3. The topological polar surface area (TPSA) is 97.5 Å². The van der Waals surface area contributed by atoms with E-state index in [2.05, 4.69) is 10.5 Å². The monoisotopic (exact) mass is 535 g/mol. The summed E-state index contributed by atoms with van der Waals surface area (Å²) in [6.45, 7) is 1.84. The number of methoxy groups -OCH3 is 1. The lowest BCUT2D eigenvalue weighted by molar-refractivity contribution is -0.140. The van der Waals surface area contributed by atoms with E-state index in [-0.39, 0.29) is 5.82 Å². The number of aliphatic carboxylic acids is 1. The third-order valence-corrected chi connectivity index (χ3v) is 7.38. The van der Waals surface area contributed by atoms with E-state index in [0.717, 1.165) is 22.3 Å². The molecule has 8 heteroatoms. The molecular weight excluding hydrogens is 509 g/mol. The van der Waals surface area contributed by atoms with Crippen LogP contribution in [0.25, 0.3) is 33.7 Å². The van der Waals surface area contributed by atoms with Crippen molar-refractivity contribution in [3.8, 4) is 39.5 Å². The van der Waals surface area contributed by atoms with Crippen molar-refractivity contribution in [1.82, 2.24) is 10.1 Å². The number of hydrogen-bond acceptors (Lipinski definition) is 6. The van der Waals surface area contributed by atoms with Crippen LogP contribution in [0.3, 0.4) is 0 Å². The molecule has 3 aromatic carbocycles. The molecule has 0 bridgehead atoms. The lowest BCUT2D eigenvalue weighted by Gasteiger charge is -2.13. The van der Waals surface area contributed by atoms with Crippen molar-refractivity contribution in [2.24, 2.45) is 0 Å². The fourth-order valence-electron chi connectivity index (χ4n) is 5.02. The highest BCUT2D eigenvalue weighted by Crippen LogP contribution is 2.49. The zero-order chi connectivity index (χ0) is 27.9. The average molecular weight is 536 g/mol. The molecule has 5 aromatic rings. The van der Waals surface area contributed by atoms with Gasteiger partial charge >= 0.3 is 5.97 Å². The molecule has 1 aliphatic carbocycles. The minimum Gasteiger partial charge on any atom is -0.496 e. The van der Waals surface area contributed by atoms with Crippen LogP contribution >= 0.6 is 0 Å². The van der Waals surface area contributed by atoms with E-state index in [4.69, 9.17) is 14.2 Å². The second-order valence-corrected chi connectivity index (χ2v) is 9.86. The Labute approximate surface area is 230 Å². The summed E-state index contributed by atoms with van der Waals surface area (Å²) in [4.78, 5) is 16.5. The number of rotatable bonds is 8. The standard InChI is InChI=1S/C32H26FN3O4/c1-19-29(35-28-9-5-8-26(34-28)25-18-22(33)14-15-27(25)39-2)30(40-36-19)24-7-4-3-6-23(24)20-10-12-21(13-11-20)32(16-17-32)31(37)38/h3-15,18H,16-17H2,1-2H3,(H,34,35)(H,37,38). The SMILES string of the molecule is COc1ccc(F)cc1-c1cccc(Nc2c(C)noc2-c2ccccc2-c2ccc(C3(C(=O)O)CC3)cc2)n1. The normalized spacial score (nSPS) is 13.6. The van der Waals surface area contributed by atoms with Gasteiger partial charge in [0.05, 0.1) is 18.2 Å². The van der Waals surface area contributed by atoms with E-state index in [1.807, 2.05) is 67.6 Å². The van der Waals surface area contributed by atoms with Crippen molar-refractivity contribution in [3.63, 3.8) is 0 Å². The third-order valence-electron chi connectivity index (χ3n) is 7.38. The largest absolute Gasteiger partial charge is 0.496 e. The van der Waals surface area contributed by atoms with Gasteiger partial charge in [-0.2, -0.15) is 0 Å². The highest BCUT2D eigenvalue weighted by atomic mass is 19.1. The zero-order valence-corrected chi connectivity index (χ0v) is 21.9. The maximum atomic E-state index is 14.0. The van der Waals surface area contributed by atoms with E-state index in [1.54, 1.807) is 12.1 Å². The van der Waals surface area contributed by atoms with Crippen molar-refractivity contribution in [2.45, 2.75) is 25.2 Å². The van der Waals surface area contributed by atoms with Gasteiger partial charge < -0.3 is 19.7 Å². The Hall–Kier alpha value is -4.98. The minimum atomic E-state index is -0.776. The van der Waals surface area contributed by atoms with Gasteiger partial charge in [0.1, 0.15) is 28.8 Å². The molecule has 0 unspecified atom stereocenters. The number of anilines is 2. The number of pyridine rings is 1. The Bertz CT molecular complexity index is 1720. The Morgan fingerprint density at radius 1 is 0.975 bits per heavy atom. The number of carbonyl (C=O) groups is 1. The first-order chi connectivity index (χ1) is 19.4. The quantitative estimate of drug-likeness (QED) is 0.214. The van der Waals surface area contributed by atoms with Gasteiger partial charge in [0.15, 0.2) is 5.76 Å². The summed E-state index contributed by atoms with van der Waals surface area (Å²) in [5.41, 5.74) is 5.12. The van der Waals surface area contributed by atoms with Crippen LogP contribution in [0.15, 0.2) is 89.5 Å². The molecule has 40 heavy (non-hydrogen) atoms. The van der Waals surface area contributed by atoms with Gasteiger partial charge in [-0.1, -0.05) is 59.8 Å². The number of nitrogens with one attached hydrogen (secondary N) is 1. The summed E-state index contributed by atoms with van der Waals surface area (Å²) in [5.74, 6) is 0.428. The molecular formula is C32H26FN3O4. The Morgan fingerprint density at radius 2 is 1.73 bits per heavy atom. The van der Waals surface area contributed by atoms with Gasteiger partial charge in [0.2, 0.25) is 0 Å². The van der Waals surface area contributed by atoms with E-state index in [1.165, 1.54) is 19.2 Å². The summed E-state index contributed by atoms with van der Waals surface area (Å²) >= 11 is 0. The van der Waals surface area contributed by atoms with Gasteiger partial charge in [0.25, 0.3) is 0 Å². The molecule has 1 aliphatic rings. The average Bonchev–Trinajstić information content (AvgIpc) is 3.72. The molecule has 1 fully saturated rings. The second kappa shape index (κ2) is 9.96. The van der Waals surface area contributed by atoms with E-state index >= 15 is 0 Å². The van der Waals surface area contributed by atoms with E-state index < -0.39 is 11.4 Å². The Kier molecular flexibility index (Phi) is 6.30. The predicted octanol–water partition coefficient (Wildman–Crippen LogP) is 7.39. The summed E-state index contributed by atoms with van der Waals surface area (Å²) in [6, 6.07) is 25.3. The molecule has 0 aliphatic heterocycles. The fourth-order valence-corrected chi connectivity index (χ4v) is 5.02. The van der Waals surface area contributed by atoms with Crippen LogP contribution in [-0.4, -0.2) is 28.3 Å². The molecule has 7 nitrogen and oxygen atoms in total. The predicted molar refractivity (Wildman–Crippen MR) is 150 cm³/mol. The molecule has 1 saturated carbocycles. The number of carboxylic acids is 1. The Balaban J connectivity index is 1.35. The van der Waals surface area contributed by atoms with Gasteiger partial charge in [-0.3, -0.25) is 4.79 Å². The number of halogens is 1. The van der Waals surface area contributed by atoms with E-state index in [9.17, 15) is 14.3 Å². The van der Waals surface area contributed by atoms with Crippen LogP contribution in [0, 0.1) is 12.7 Å². The molecule has 0 atom stereocenters. The molecule has 6 rings (SSSR count). The number of aryl methyl sites for hydroxylation is 1. The number of nitrogens with zero attached hydrogens (tertiary/aromatic N) is 2. The summed E-state index contributed by atoms with van der Waals surface area (Å²) in [7, 11) is 1.53. The van der Waals surface area contributed by atoms with Crippen LogP contribution in [0.1, 0.15) is 24.1 Å².